The Hall–Kier alpha value is -1.33. The Morgan fingerprint density at radius 2 is 2.56 bits per heavy atom. The van der Waals surface area contributed by atoms with Gasteiger partial charge in [-0.2, -0.15) is 0 Å². The second kappa shape index (κ2) is 5.14. The van der Waals surface area contributed by atoms with Crippen molar-refractivity contribution in [2.45, 2.75) is 12.5 Å². The molecule has 2 rings (SSSR count). The summed E-state index contributed by atoms with van der Waals surface area (Å²) in [5.41, 5.74) is 0.0994. The third-order valence-corrected chi connectivity index (χ3v) is 2.50. The van der Waals surface area contributed by atoms with Crippen LogP contribution in [0.1, 0.15) is 16.8 Å². The van der Waals surface area contributed by atoms with Crippen molar-refractivity contribution in [3.8, 4) is 0 Å². The highest BCUT2D eigenvalue weighted by Gasteiger charge is 2.19. The van der Waals surface area contributed by atoms with Gasteiger partial charge in [0.05, 0.1) is 25.0 Å². The number of carbonyl (C=O) groups is 1. The Balaban J connectivity index is 2.00. The smallest absolute Gasteiger partial charge is 0.167 e. The van der Waals surface area contributed by atoms with E-state index in [9.17, 15) is 9.18 Å². The lowest BCUT2D eigenvalue weighted by Gasteiger charge is -2.23. The minimum atomic E-state index is -0.566. The molecule has 0 aromatic carbocycles. The lowest BCUT2D eigenvalue weighted by molar-refractivity contribution is 0.0674. The van der Waals surface area contributed by atoms with Gasteiger partial charge in [-0.15, -0.1) is 0 Å². The van der Waals surface area contributed by atoms with Gasteiger partial charge in [0.25, 0.3) is 0 Å². The molecule has 5 heteroatoms. The molecule has 0 spiro atoms. The second-order valence-corrected chi connectivity index (χ2v) is 3.71. The number of hydrogen-bond acceptors (Lipinski definition) is 4. The van der Waals surface area contributed by atoms with E-state index in [1.165, 1.54) is 12.3 Å². The maximum Gasteiger partial charge on any atom is 0.167 e. The first-order chi connectivity index (χ1) is 7.77. The fourth-order valence-electron chi connectivity index (χ4n) is 1.69. The fourth-order valence-corrected chi connectivity index (χ4v) is 1.69. The third-order valence-electron chi connectivity index (χ3n) is 2.50. The zero-order valence-electron chi connectivity index (χ0n) is 8.78. The number of hydrogen-bond donors (Lipinski definition) is 1. The van der Waals surface area contributed by atoms with Gasteiger partial charge in [-0.25, -0.2) is 4.39 Å². The van der Waals surface area contributed by atoms with E-state index in [0.29, 0.717) is 13.2 Å². The minimum Gasteiger partial charge on any atom is -0.378 e. The number of ether oxygens (including phenoxy) is 1. The van der Waals surface area contributed by atoms with Crippen LogP contribution in [0.3, 0.4) is 0 Å². The van der Waals surface area contributed by atoms with Gasteiger partial charge < -0.3 is 10.1 Å². The first-order valence-corrected chi connectivity index (χ1v) is 5.21. The largest absolute Gasteiger partial charge is 0.378 e. The molecule has 86 valence electrons. The van der Waals surface area contributed by atoms with Crippen LogP contribution >= 0.6 is 0 Å². The van der Waals surface area contributed by atoms with Crippen LogP contribution in [0.5, 0.6) is 0 Å². The van der Waals surface area contributed by atoms with Crippen LogP contribution in [-0.2, 0) is 4.74 Å². The van der Waals surface area contributed by atoms with Crippen molar-refractivity contribution in [1.82, 2.24) is 10.3 Å². The molecular weight excluding hydrogens is 211 g/mol. The summed E-state index contributed by atoms with van der Waals surface area (Å²) in [7, 11) is 0. The van der Waals surface area contributed by atoms with Crippen molar-refractivity contribution in [3.05, 3.63) is 29.8 Å². The van der Waals surface area contributed by atoms with E-state index >= 15 is 0 Å². The Morgan fingerprint density at radius 1 is 1.69 bits per heavy atom. The summed E-state index contributed by atoms with van der Waals surface area (Å²) in [6.45, 7) is 1.89. The Labute approximate surface area is 92.8 Å². The van der Waals surface area contributed by atoms with E-state index in [1.807, 2.05) is 0 Å². The summed E-state index contributed by atoms with van der Waals surface area (Å²) in [5.74, 6) is -0.785. The summed E-state index contributed by atoms with van der Waals surface area (Å²) in [6.07, 6.45) is 2.72. The summed E-state index contributed by atoms with van der Waals surface area (Å²) in [6, 6.07) is 1.38. The van der Waals surface area contributed by atoms with Crippen LogP contribution in [0, 0.1) is 5.82 Å². The second-order valence-electron chi connectivity index (χ2n) is 3.71. The number of aromatic nitrogens is 1. The van der Waals surface area contributed by atoms with Crippen molar-refractivity contribution in [3.63, 3.8) is 0 Å². The maximum absolute atomic E-state index is 13.3. The molecule has 1 fully saturated rings. The van der Waals surface area contributed by atoms with Gasteiger partial charge in [0.2, 0.25) is 0 Å². The highest BCUT2D eigenvalue weighted by atomic mass is 19.1. The zero-order valence-corrected chi connectivity index (χ0v) is 8.78. The monoisotopic (exact) mass is 224 g/mol. The lowest BCUT2D eigenvalue weighted by Crippen LogP contribution is -2.42. The van der Waals surface area contributed by atoms with Gasteiger partial charge in [0, 0.05) is 25.2 Å². The number of pyridine rings is 1. The Morgan fingerprint density at radius 3 is 3.25 bits per heavy atom. The number of nitrogens with zero attached hydrogens (tertiary/aromatic N) is 1. The molecule has 1 atom stereocenters. The molecule has 0 amide bonds. The number of Topliss-reactive ketones (excluding diaryl/α,β-unsaturated/α-hetero) is 1. The van der Waals surface area contributed by atoms with Crippen LogP contribution in [0.15, 0.2) is 18.5 Å². The molecular formula is C11H13FN2O2. The zero-order chi connectivity index (χ0) is 11.4. The van der Waals surface area contributed by atoms with Crippen LogP contribution in [0.25, 0.3) is 0 Å². The molecule has 0 saturated carbocycles. The Kier molecular flexibility index (Phi) is 3.58. The summed E-state index contributed by atoms with van der Waals surface area (Å²) in [4.78, 5) is 15.4. The third kappa shape index (κ3) is 2.62. The fraction of sp³-hybridized carbons (Fsp3) is 0.455. The van der Waals surface area contributed by atoms with Gasteiger partial charge in [0.1, 0.15) is 0 Å². The molecule has 1 aromatic rings. The van der Waals surface area contributed by atoms with Crippen LogP contribution in [-0.4, -0.2) is 36.6 Å². The predicted octanol–water partition coefficient (Wildman–Crippen LogP) is 0.782. The van der Waals surface area contributed by atoms with Crippen molar-refractivity contribution >= 4 is 5.78 Å². The van der Waals surface area contributed by atoms with Crippen molar-refractivity contribution in [2.24, 2.45) is 0 Å². The predicted molar refractivity (Wildman–Crippen MR) is 55.8 cm³/mol. The number of morpholine rings is 1. The van der Waals surface area contributed by atoms with Crippen LogP contribution < -0.4 is 5.32 Å². The molecule has 1 aromatic heterocycles. The highest BCUT2D eigenvalue weighted by Crippen LogP contribution is 2.10. The first-order valence-electron chi connectivity index (χ1n) is 5.21. The number of ketones is 1. The van der Waals surface area contributed by atoms with Crippen molar-refractivity contribution in [2.75, 3.05) is 19.8 Å². The first kappa shape index (κ1) is 11.2. The van der Waals surface area contributed by atoms with Crippen LogP contribution in [0.4, 0.5) is 4.39 Å². The molecule has 1 N–H and O–H groups in total. The molecule has 0 bridgehead atoms. The van der Waals surface area contributed by atoms with Gasteiger partial charge in [0.15, 0.2) is 11.6 Å². The summed E-state index contributed by atoms with van der Waals surface area (Å²) in [5, 5.41) is 3.16. The van der Waals surface area contributed by atoms with E-state index < -0.39 is 5.82 Å². The lowest BCUT2D eigenvalue weighted by atomic mass is 10.0. The standard InChI is InChI=1S/C11H13FN2O2/c12-10-6-13-2-1-9(10)11(15)5-8-7-16-4-3-14-8/h1-2,6,8,14H,3-5,7H2. The molecule has 1 saturated heterocycles. The topological polar surface area (TPSA) is 51.2 Å². The molecule has 1 aliphatic rings. The highest BCUT2D eigenvalue weighted by molar-refractivity contribution is 5.96. The van der Waals surface area contributed by atoms with E-state index in [4.69, 9.17) is 4.74 Å². The number of nitrogens with one attached hydrogen (secondary N) is 1. The SMILES string of the molecule is O=C(CC1COCCN1)c1ccncc1F. The van der Waals surface area contributed by atoms with E-state index in [-0.39, 0.29) is 23.8 Å². The van der Waals surface area contributed by atoms with Gasteiger partial charge in [-0.1, -0.05) is 0 Å². The number of rotatable bonds is 3. The average molecular weight is 224 g/mol. The number of carbonyl (C=O) groups excluding carboxylic acids is 1. The minimum absolute atomic E-state index is 0.0196. The molecule has 0 aliphatic carbocycles. The average Bonchev–Trinajstić information content (AvgIpc) is 2.31. The quantitative estimate of drug-likeness (QED) is 0.771. The van der Waals surface area contributed by atoms with Gasteiger partial charge >= 0.3 is 0 Å². The molecule has 4 nitrogen and oxygen atoms in total. The molecule has 1 unspecified atom stereocenters. The molecule has 0 radical (unpaired) electrons. The Bertz CT molecular complexity index is 378. The van der Waals surface area contributed by atoms with Crippen molar-refractivity contribution < 1.29 is 13.9 Å². The van der Waals surface area contributed by atoms with E-state index in [1.54, 1.807) is 0 Å². The van der Waals surface area contributed by atoms with Gasteiger partial charge in [-0.3, -0.25) is 9.78 Å². The van der Waals surface area contributed by atoms with Gasteiger partial charge in [-0.05, 0) is 6.07 Å². The van der Waals surface area contributed by atoms with Crippen molar-refractivity contribution in [1.29, 1.82) is 0 Å². The normalized spacial score (nSPS) is 20.7. The van der Waals surface area contributed by atoms with E-state index in [2.05, 4.69) is 10.3 Å². The molecule has 2 heterocycles. The van der Waals surface area contributed by atoms with Crippen LogP contribution in [0.2, 0.25) is 0 Å². The summed E-state index contributed by atoms with van der Waals surface area (Å²) >= 11 is 0. The van der Waals surface area contributed by atoms with E-state index in [0.717, 1.165) is 12.7 Å². The maximum atomic E-state index is 13.3. The molecule has 16 heavy (non-hydrogen) atoms. The number of halogens is 1. The summed E-state index contributed by atoms with van der Waals surface area (Å²) < 4.78 is 18.5. The molecule has 1 aliphatic heterocycles.